The molecule has 366 valence electrons. The molecular weight excluding hydrogens is 955 g/mol. The van der Waals surface area contributed by atoms with Gasteiger partial charge in [0.15, 0.2) is 11.2 Å². The van der Waals surface area contributed by atoms with Crippen LogP contribution in [0, 0.1) is 25.5 Å². The van der Waals surface area contributed by atoms with E-state index in [1.807, 2.05) is 24.3 Å². The summed E-state index contributed by atoms with van der Waals surface area (Å²) in [4.78, 5) is 4.32. The first-order valence-electron chi connectivity index (χ1n) is 25.8. The number of anilines is 6. The topological polar surface area (TPSA) is 45.9 Å². The van der Waals surface area contributed by atoms with Crippen LogP contribution in [0.4, 0.5) is 42.9 Å². The molecule has 0 fully saturated rings. The Balaban J connectivity index is 0.982. The van der Waals surface area contributed by atoms with E-state index in [-0.39, 0.29) is 11.6 Å². The molecule has 3 heterocycles. The van der Waals surface area contributed by atoms with E-state index in [9.17, 15) is 8.78 Å². The van der Waals surface area contributed by atoms with Gasteiger partial charge in [0.1, 0.15) is 34.0 Å². The Morgan fingerprint density at radius 2 is 0.623 bits per heavy atom. The highest BCUT2D eigenvalue weighted by atomic mass is 19.1. The fourth-order valence-corrected chi connectivity index (χ4v) is 12.0. The summed E-state index contributed by atoms with van der Waals surface area (Å²) >= 11 is 0. The number of aryl methyl sites for hydroxylation is 2. The number of fused-ring (bicyclic) bond motifs is 13. The van der Waals surface area contributed by atoms with Crippen LogP contribution in [0.5, 0.6) is 0 Å². The lowest BCUT2D eigenvalue weighted by molar-refractivity contribution is 0.627. The summed E-state index contributed by atoms with van der Waals surface area (Å²) in [6.45, 7) is 4.24. The molecule has 12 aromatic carbocycles. The second-order valence-corrected chi connectivity index (χ2v) is 19.9. The Hall–Kier alpha value is -9.98. The molecule has 0 aliphatic heterocycles. The highest BCUT2D eigenvalue weighted by molar-refractivity contribution is 6.31. The second-order valence-electron chi connectivity index (χ2n) is 19.9. The molecule has 0 bridgehead atoms. The summed E-state index contributed by atoms with van der Waals surface area (Å²) in [7, 11) is 0. The normalized spacial score (nSPS) is 11.9. The van der Waals surface area contributed by atoms with E-state index < -0.39 is 0 Å². The van der Waals surface area contributed by atoms with Gasteiger partial charge in [-0.1, -0.05) is 158 Å². The molecule has 0 amide bonds. The van der Waals surface area contributed by atoms with Crippen LogP contribution in [0.15, 0.2) is 244 Å². The van der Waals surface area contributed by atoms with Gasteiger partial charge in [-0.25, -0.2) is 8.78 Å². The summed E-state index contributed by atoms with van der Waals surface area (Å²) in [5.41, 5.74) is 15.6. The molecule has 7 heteroatoms. The van der Waals surface area contributed by atoms with Crippen LogP contribution in [0.1, 0.15) is 11.1 Å². The van der Waals surface area contributed by atoms with Crippen LogP contribution in [-0.2, 0) is 0 Å². The number of halogens is 2. The van der Waals surface area contributed by atoms with Crippen molar-refractivity contribution in [3.05, 3.63) is 253 Å². The number of hydrogen-bond acceptors (Lipinski definition) is 5. The van der Waals surface area contributed by atoms with Crippen LogP contribution in [0.2, 0.25) is 0 Å². The van der Waals surface area contributed by atoms with E-state index in [0.29, 0.717) is 22.3 Å². The van der Waals surface area contributed by atoms with Gasteiger partial charge in [0, 0.05) is 77.7 Å². The predicted octanol–water partition coefficient (Wildman–Crippen LogP) is 20.9. The zero-order chi connectivity index (χ0) is 51.5. The van der Waals surface area contributed by atoms with Gasteiger partial charge in [0.2, 0.25) is 0 Å². The predicted molar refractivity (Wildman–Crippen MR) is 313 cm³/mol. The average Bonchev–Trinajstić information content (AvgIpc) is 4.35. The third-order valence-electron chi connectivity index (χ3n) is 15.5. The maximum atomic E-state index is 15.0. The summed E-state index contributed by atoms with van der Waals surface area (Å²) in [6, 6.07) is 76.0. The molecule has 0 unspecified atom stereocenters. The summed E-state index contributed by atoms with van der Waals surface area (Å²) in [6.07, 6.45) is 0. The highest BCUT2D eigenvalue weighted by Gasteiger charge is 2.28. The SMILES string of the molecule is Cc1ccccc1-c1cccc2c1oc1c(N(c3ccc(F)cc3)c3cc4oc5cc(N(c6ccc(F)cc6)c6cccc7c6oc6c(-c8ccccc8C)cccc67)c6ccccc6c5c4c4ccccc34)cccc12. The number of nitrogens with zero attached hydrogens (tertiary/aromatic N) is 2. The van der Waals surface area contributed by atoms with E-state index in [4.69, 9.17) is 13.3 Å². The number of furan rings is 3. The van der Waals surface area contributed by atoms with Crippen LogP contribution in [0.3, 0.4) is 0 Å². The first-order chi connectivity index (χ1) is 37.9. The molecule has 0 aliphatic rings. The first-order valence-corrected chi connectivity index (χ1v) is 25.8. The molecular formula is C70H44F2N2O3. The Morgan fingerprint density at radius 3 is 1.04 bits per heavy atom. The van der Waals surface area contributed by atoms with Crippen molar-refractivity contribution >= 4 is 121 Å². The zero-order valence-corrected chi connectivity index (χ0v) is 41.8. The minimum atomic E-state index is -0.336. The lowest BCUT2D eigenvalue weighted by Gasteiger charge is -2.27. The number of rotatable bonds is 8. The van der Waals surface area contributed by atoms with E-state index in [1.54, 1.807) is 0 Å². The Morgan fingerprint density at radius 1 is 0.286 bits per heavy atom. The quantitative estimate of drug-likeness (QED) is 0.152. The average molecular weight is 999 g/mol. The zero-order valence-electron chi connectivity index (χ0n) is 41.8. The summed E-state index contributed by atoms with van der Waals surface area (Å²) in [5.74, 6) is -0.672. The van der Waals surface area contributed by atoms with Crippen LogP contribution < -0.4 is 9.80 Å². The van der Waals surface area contributed by atoms with Crippen LogP contribution in [-0.4, -0.2) is 0 Å². The van der Waals surface area contributed by atoms with Crippen LogP contribution in [0.25, 0.3) is 110 Å². The first kappa shape index (κ1) is 44.5. The van der Waals surface area contributed by atoms with Gasteiger partial charge in [-0.05, 0) is 108 Å². The maximum Gasteiger partial charge on any atom is 0.159 e. The van der Waals surface area contributed by atoms with Gasteiger partial charge in [-0.3, -0.25) is 0 Å². The molecule has 77 heavy (non-hydrogen) atoms. The van der Waals surface area contributed by atoms with E-state index in [1.165, 1.54) is 24.3 Å². The van der Waals surface area contributed by atoms with Gasteiger partial charge in [0.25, 0.3) is 0 Å². The van der Waals surface area contributed by atoms with Crippen molar-refractivity contribution in [2.24, 2.45) is 0 Å². The lowest BCUT2D eigenvalue weighted by Crippen LogP contribution is -2.11. The largest absolute Gasteiger partial charge is 0.456 e. The third kappa shape index (κ3) is 6.90. The van der Waals surface area contributed by atoms with Crippen LogP contribution >= 0.6 is 0 Å². The summed E-state index contributed by atoms with van der Waals surface area (Å²) in [5, 5.41) is 9.73. The fourth-order valence-electron chi connectivity index (χ4n) is 12.0. The Labute approximate surface area is 440 Å². The van der Waals surface area contributed by atoms with Crippen molar-refractivity contribution in [3.8, 4) is 22.3 Å². The van der Waals surface area contributed by atoms with Gasteiger partial charge in [0.05, 0.1) is 22.7 Å². The maximum absolute atomic E-state index is 15.0. The van der Waals surface area contributed by atoms with E-state index in [2.05, 4.69) is 206 Å². The minimum Gasteiger partial charge on any atom is -0.456 e. The van der Waals surface area contributed by atoms with Crippen molar-refractivity contribution in [1.82, 2.24) is 0 Å². The van der Waals surface area contributed by atoms with E-state index in [0.717, 1.165) is 133 Å². The molecule has 0 saturated heterocycles. The molecule has 3 aromatic heterocycles. The molecule has 0 atom stereocenters. The molecule has 0 radical (unpaired) electrons. The van der Waals surface area contributed by atoms with Gasteiger partial charge < -0.3 is 23.1 Å². The van der Waals surface area contributed by atoms with Crippen molar-refractivity contribution < 1.29 is 22.0 Å². The fraction of sp³-hybridized carbons (Fsp3) is 0.0286. The smallest absolute Gasteiger partial charge is 0.159 e. The Bertz CT molecular complexity index is 4570. The highest BCUT2D eigenvalue weighted by Crippen LogP contribution is 2.52. The Kier molecular flexibility index (Phi) is 10.00. The second kappa shape index (κ2) is 17.3. The lowest BCUT2D eigenvalue weighted by atomic mass is 9.96. The number of para-hydroxylation sites is 4. The molecule has 0 saturated carbocycles. The molecule has 0 aliphatic carbocycles. The number of hydrogen-bond donors (Lipinski definition) is 0. The van der Waals surface area contributed by atoms with Crippen molar-refractivity contribution in [1.29, 1.82) is 0 Å². The van der Waals surface area contributed by atoms with Gasteiger partial charge >= 0.3 is 0 Å². The molecule has 15 rings (SSSR count). The molecule has 0 N–H and O–H groups in total. The minimum absolute atomic E-state index is 0.336. The van der Waals surface area contributed by atoms with Crippen molar-refractivity contribution in [2.45, 2.75) is 13.8 Å². The third-order valence-corrected chi connectivity index (χ3v) is 15.5. The van der Waals surface area contributed by atoms with Crippen molar-refractivity contribution in [3.63, 3.8) is 0 Å². The standard InChI is InChI=1S/C70H44F2N2O3/c1-41-15-3-5-17-47(41)53-23-11-25-55-57-27-13-29-59(69(57)76-67(53)55)73(45-35-31-43(71)32-36-45)61-39-63-65(51-21-9-7-19-49(51)61)66-52-22-10-8-20-50(52)62(40-64(66)75-63)74(46-37-33-44(72)34-38-46)60-30-14-28-58-56-26-12-24-54(68(56)77-70(58)60)48-18-6-4-16-42(48)2/h3-40H,1-2H3. The van der Waals surface area contributed by atoms with Gasteiger partial charge in [-0.2, -0.15) is 0 Å². The summed E-state index contributed by atoms with van der Waals surface area (Å²) < 4.78 is 51.3. The molecule has 15 aromatic rings. The molecule has 5 nitrogen and oxygen atoms in total. The monoisotopic (exact) mass is 998 g/mol. The van der Waals surface area contributed by atoms with E-state index >= 15 is 0 Å². The van der Waals surface area contributed by atoms with Crippen molar-refractivity contribution in [2.75, 3.05) is 9.80 Å². The van der Waals surface area contributed by atoms with Gasteiger partial charge in [-0.15, -0.1) is 0 Å². The molecule has 0 spiro atoms. The number of benzene rings is 12.